The molecular formula is C11H17ClN4O. The fourth-order valence-electron chi connectivity index (χ4n) is 1.91. The molecule has 1 saturated heterocycles. The first-order chi connectivity index (χ1) is 7.92. The Morgan fingerprint density at radius 3 is 2.82 bits per heavy atom. The number of nitrogens with zero attached hydrogens (tertiary/aromatic N) is 2. The van der Waals surface area contributed by atoms with Gasteiger partial charge in [0.25, 0.3) is 0 Å². The van der Waals surface area contributed by atoms with Crippen molar-refractivity contribution in [2.75, 3.05) is 17.7 Å². The molecule has 0 aliphatic carbocycles. The Hall–Kier alpha value is -1.07. The van der Waals surface area contributed by atoms with Crippen molar-refractivity contribution in [1.82, 2.24) is 9.97 Å². The first-order valence-corrected chi connectivity index (χ1v) is 5.99. The van der Waals surface area contributed by atoms with E-state index in [2.05, 4.69) is 22.2 Å². The fourth-order valence-corrected chi connectivity index (χ4v) is 2.12. The first kappa shape index (κ1) is 12.4. The number of nitrogens with two attached hydrogens (primary N) is 1. The number of aromatic nitrogens is 2. The molecule has 0 spiro atoms. The molecule has 94 valence electrons. The lowest BCUT2D eigenvalue weighted by molar-refractivity contribution is 0.105. The highest BCUT2D eigenvalue weighted by Gasteiger charge is 2.37. The van der Waals surface area contributed by atoms with Crippen LogP contribution < -0.4 is 11.1 Å². The van der Waals surface area contributed by atoms with Crippen molar-refractivity contribution in [3.8, 4) is 0 Å². The maximum absolute atomic E-state index is 5.95. The summed E-state index contributed by atoms with van der Waals surface area (Å²) in [4.78, 5) is 8.15. The third-order valence-electron chi connectivity index (χ3n) is 3.40. The number of hydrogen-bond acceptors (Lipinski definition) is 5. The van der Waals surface area contributed by atoms with Gasteiger partial charge in [0.15, 0.2) is 5.82 Å². The van der Waals surface area contributed by atoms with E-state index in [0.29, 0.717) is 17.2 Å². The van der Waals surface area contributed by atoms with Crippen LogP contribution in [-0.4, -0.2) is 28.2 Å². The minimum absolute atomic E-state index is 0.107. The third-order valence-corrected chi connectivity index (χ3v) is 3.57. The van der Waals surface area contributed by atoms with Gasteiger partial charge in [-0.3, -0.25) is 0 Å². The summed E-state index contributed by atoms with van der Waals surface area (Å²) in [5, 5.41) is 3.53. The summed E-state index contributed by atoms with van der Waals surface area (Å²) in [6, 6.07) is 0. The minimum atomic E-state index is -0.168. The predicted molar refractivity (Wildman–Crippen MR) is 68.3 cm³/mol. The van der Waals surface area contributed by atoms with Crippen molar-refractivity contribution in [2.45, 2.75) is 38.8 Å². The fraction of sp³-hybridized carbons (Fsp3) is 0.636. The number of aryl methyl sites for hydroxylation is 1. The van der Waals surface area contributed by atoms with E-state index >= 15 is 0 Å². The number of halogens is 1. The maximum Gasteiger partial charge on any atom is 0.224 e. The van der Waals surface area contributed by atoms with E-state index in [-0.39, 0.29) is 16.9 Å². The minimum Gasteiger partial charge on any atom is -0.394 e. The van der Waals surface area contributed by atoms with Crippen LogP contribution in [0, 0.1) is 6.92 Å². The van der Waals surface area contributed by atoms with Crippen LogP contribution in [0.15, 0.2) is 0 Å². The molecule has 1 aromatic heterocycles. The number of nitrogens with one attached hydrogen (secondary N) is 1. The zero-order valence-electron chi connectivity index (χ0n) is 10.2. The van der Waals surface area contributed by atoms with Gasteiger partial charge in [-0.15, -0.1) is 0 Å². The Morgan fingerprint density at radius 2 is 2.24 bits per heavy atom. The monoisotopic (exact) mass is 256 g/mol. The first-order valence-electron chi connectivity index (χ1n) is 5.62. The molecule has 0 saturated carbocycles. The second-order valence-electron chi connectivity index (χ2n) is 4.65. The van der Waals surface area contributed by atoms with Gasteiger partial charge >= 0.3 is 0 Å². The Bertz CT molecular complexity index is 440. The summed E-state index contributed by atoms with van der Waals surface area (Å²) < 4.78 is 5.56. The van der Waals surface area contributed by atoms with Crippen LogP contribution >= 0.6 is 11.6 Å². The number of hydrogen-bond donors (Lipinski definition) is 2. The van der Waals surface area contributed by atoms with Crippen molar-refractivity contribution in [2.24, 2.45) is 0 Å². The Kier molecular flexibility index (Phi) is 3.14. The van der Waals surface area contributed by atoms with E-state index in [0.717, 1.165) is 13.0 Å². The second-order valence-corrected chi connectivity index (χ2v) is 4.98. The van der Waals surface area contributed by atoms with Gasteiger partial charge in [0.1, 0.15) is 0 Å². The second kappa shape index (κ2) is 4.31. The van der Waals surface area contributed by atoms with Crippen LogP contribution in [0.3, 0.4) is 0 Å². The molecule has 2 rings (SSSR count). The van der Waals surface area contributed by atoms with Crippen molar-refractivity contribution in [3.05, 3.63) is 11.0 Å². The van der Waals surface area contributed by atoms with Gasteiger partial charge in [-0.2, -0.15) is 4.98 Å². The van der Waals surface area contributed by atoms with Crippen LogP contribution in [0.4, 0.5) is 11.5 Å². The van der Waals surface area contributed by atoms with Crippen LogP contribution in [0.1, 0.15) is 26.0 Å². The van der Waals surface area contributed by atoms with E-state index in [9.17, 15) is 0 Å². The molecule has 1 aliphatic heterocycles. The van der Waals surface area contributed by atoms with Gasteiger partial charge in [-0.25, -0.2) is 4.98 Å². The summed E-state index contributed by atoms with van der Waals surface area (Å²) in [6.07, 6.45) is 1.02. The lowest BCUT2D eigenvalue weighted by Crippen LogP contribution is -2.41. The molecule has 2 atom stereocenters. The van der Waals surface area contributed by atoms with Crippen LogP contribution in [0.5, 0.6) is 0 Å². The van der Waals surface area contributed by atoms with Crippen LogP contribution in [0.2, 0.25) is 5.28 Å². The van der Waals surface area contributed by atoms with Crippen molar-refractivity contribution < 1.29 is 4.74 Å². The largest absolute Gasteiger partial charge is 0.394 e. The average molecular weight is 257 g/mol. The summed E-state index contributed by atoms with van der Waals surface area (Å²) in [5.74, 6) is 0.586. The van der Waals surface area contributed by atoms with Crippen molar-refractivity contribution in [3.63, 3.8) is 0 Å². The van der Waals surface area contributed by atoms with Gasteiger partial charge in [-0.1, -0.05) is 0 Å². The quantitative estimate of drug-likeness (QED) is 0.792. The molecule has 1 fully saturated rings. The molecule has 0 radical (unpaired) electrons. The Balaban J connectivity index is 2.30. The average Bonchev–Trinajstić information content (AvgIpc) is 2.55. The molecule has 0 amide bonds. The van der Waals surface area contributed by atoms with E-state index in [4.69, 9.17) is 22.1 Å². The topological polar surface area (TPSA) is 73.1 Å². The number of anilines is 2. The van der Waals surface area contributed by atoms with E-state index in [1.54, 1.807) is 0 Å². The molecule has 17 heavy (non-hydrogen) atoms. The highest BCUT2D eigenvalue weighted by molar-refractivity contribution is 6.28. The molecule has 0 bridgehead atoms. The molecular weight excluding hydrogens is 240 g/mol. The summed E-state index contributed by atoms with van der Waals surface area (Å²) in [6.45, 7) is 6.68. The summed E-state index contributed by atoms with van der Waals surface area (Å²) in [7, 11) is 0. The molecule has 5 nitrogen and oxygen atoms in total. The number of rotatable bonds is 2. The van der Waals surface area contributed by atoms with Crippen LogP contribution in [-0.2, 0) is 4.74 Å². The highest BCUT2D eigenvalue weighted by Crippen LogP contribution is 2.31. The van der Waals surface area contributed by atoms with E-state index in [1.807, 2.05) is 13.8 Å². The number of nitrogen functional groups attached to an aromatic ring is 1. The van der Waals surface area contributed by atoms with Gasteiger partial charge in [0.05, 0.1) is 23.0 Å². The van der Waals surface area contributed by atoms with Gasteiger partial charge in [-0.05, 0) is 38.8 Å². The standard InChI is InChI=1S/C11H17ClN4O/c1-6-8(13)9(15-10(12)14-6)16-11(3)4-5-17-7(11)2/h7H,4-5,13H2,1-3H3,(H,14,15,16). The van der Waals surface area contributed by atoms with Gasteiger partial charge < -0.3 is 15.8 Å². The zero-order valence-corrected chi connectivity index (χ0v) is 11.0. The molecule has 2 unspecified atom stereocenters. The molecule has 2 heterocycles. The van der Waals surface area contributed by atoms with E-state index in [1.165, 1.54) is 0 Å². The lowest BCUT2D eigenvalue weighted by Gasteiger charge is -2.30. The van der Waals surface area contributed by atoms with Crippen molar-refractivity contribution >= 4 is 23.1 Å². The number of ether oxygens (including phenoxy) is 1. The van der Waals surface area contributed by atoms with E-state index < -0.39 is 0 Å². The molecule has 6 heteroatoms. The normalized spacial score (nSPS) is 28.4. The van der Waals surface area contributed by atoms with Crippen molar-refractivity contribution in [1.29, 1.82) is 0 Å². The SMILES string of the molecule is Cc1nc(Cl)nc(NC2(C)CCOC2C)c1N. The highest BCUT2D eigenvalue weighted by atomic mass is 35.5. The Morgan fingerprint density at radius 1 is 1.53 bits per heavy atom. The molecule has 3 N–H and O–H groups in total. The predicted octanol–water partition coefficient (Wildman–Crippen LogP) is 2.00. The molecule has 1 aromatic rings. The smallest absolute Gasteiger partial charge is 0.224 e. The molecule has 0 aromatic carbocycles. The maximum atomic E-state index is 5.95. The zero-order chi connectivity index (χ0) is 12.6. The van der Waals surface area contributed by atoms with Gasteiger partial charge in [0, 0.05) is 6.61 Å². The third kappa shape index (κ3) is 2.30. The molecule has 1 aliphatic rings. The lowest BCUT2D eigenvalue weighted by atomic mass is 9.94. The summed E-state index contributed by atoms with van der Waals surface area (Å²) >= 11 is 5.84. The Labute approximate surface area is 106 Å². The van der Waals surface area contributed by atoms with Gasteiger partial charge in [0.2, 0.25) is 5.28 Å². The summed E-state index contributed by atoms with van der Waals surface area (Å²) in [5.41, 5.74) is 7.00. The van der Waals surface area contributed by atoms with Crippen LogP contribution in [0.25, 0.3) is 0 Å².